The van der Waals surface area contributed by atoms with Crippen molar-refractivity contribution in [3.8, 4) is 0 Å². The number of rotatable bonds is 0. The van der Waals surface area contributed by atoms with E-state index in [0.717, 1.165) is 5.57 Å². The molecular formula is C14H16O2. The lowest BCUT2D eigenvalue weighted by atomic mass is 9.64. The first-order chi connectivity index (χ1) is 7.48. The predicted octanol–water partition coefficient (Wildman–Crippen LogP) is 2.63. The summed E-state index contributed by atoms with van der Waals surface area (Å²) in [5, 5.41) is 0. The molecule has 1 fully saturated rings. The van der Waals surface area contributed by atoms with Gasteiger partial charge >= 0.3 is 5.97 Å². The molecule has 84 valence electrons. The second-order valence-corrected chi connectivity index (χ2v) is 5.58. The molecule has 3 aliphatic rings. The molecule has 2 heteroatoms. The van der Waals surface area contributed by atoms with Crippen LogP contribution in [0, 0.1) is 16.7 Å². The molecule has 16 heavy (non-hydrogen) atoms. The number of hydrogen-bond acceptors (Lipinski definition) is 2. The molecule has 0 amide bonds. The molecule has 1 saturated heterocycles. The Morgan fingerprint density at radius 3 is 2.81 bits per heavy atom. The van der Waals surface area contributed by atoms with Crippen LogP contribution in [0.5, 0.6) is 0 Å². The van der Waals surface area contributed by atoms with Gasteiger partial charge in [-0.3, -0.25) is 0 Å². The van der Waals surface area contributed by atoms with Crippen molar-refractivity contribution < 1.29 is 9.53 Å². The van der Waals surface area contributed by atoms with E-state index >= 15 is 0 Å². The van der Waals surface area contributed by atoms with Gasteiger partial charge in [-0.15, -0.1) is 0 Å². The highest BCUT2D eigenvalue weighted by Gasteiger charge is 2.61. The third-order valence-corrected chi connectivity index (χ3v) is 4.26. The quantitative estimate of drug-likeness (QED) is 0.582. The monoisotopic (exact) mass is 216 g/mol. The van der Waals surface area contributed by atoms with Crippen LogP contribution in [0.25, 0.3) is 0 Å². The molecule has 2 aliphatic carbocycles. The highest BCUT2D eigenvalue weighted by molar-refractivity contribution is 5.95. The molecule has 0 aromatic rings. The fourth-order valence-electron chi connectivity index (χ4n) is 3.53. The summed E-state index contributed by atoms with van der Waals surface area (Å²) < 4.78 is 5.39. The normalized spacial score (nSPS) is 42.7. The van der Waals surface area contributed by atoms with Crippen molar-refractivity contribution in [2.75, 3.05) is 0 Å². The Bertz CT molecular complexity index is 453. The Kier molecular flexibility index (Phi) is 1.65. The number of carbonyl (C=O) groups is 1. The fraction of sp³-hybridized carbons (Fsp3) is 0.500. The number of allylic oxidation sites excluding steroid dienone is 4. The van der Waals surface area contributed by atoms with E-state index < -0.39 is 0 Å². The molecule has 0 bridgehead atoms. The third kappa shape index (κ3) is 0.909. The van der Waals surface area contributed by atoms with Crippen molar-refractivity contribution in [3.05, 3.63) is 36.0 Å². The minimum absolute atomic E-state index is 0.0320. The Morgan fingerprint density at radius 1 is 1.31 bits per heavy atom. The minimum Gasteiger partial charge on any atom is -0.458 e. The molecule has 3 rings (SSSR count). The largest absolute Gasteiger partial charge is 0.458 e. The zero-order valence-corrected chi connectivity index (χ0v) is 9.86. The van der Waals surface area contributed by atoms with Gasteiger partial charge in [-0.2, -0.15) is 0 Å². The number of cyclic esters (lactones) is 1. The van der Waals surface area contributed by atoms with E-state index in [1.807, 2.05) is 13.0 Å². The van der Waals surface area contributed by atoms with E-state index in [0.29, 0.717) is 5.92 Å². The number of esters is 1. The minimum atomic E-state index is -0.213. The van der Waals surface area contributed by atoms with Crippen LogP contribution in [-0.2, 0) is 9.53 Å². The molecule has 0 radical (unpaired) electrons. The van der Waals surface area contributed by atoms with Crippen LogP contribution in [0.2, 0.25) is 0 Å². The molecule has 1 spiro atoms. The topological polar surface area (TPSA) is 26.3 Å². The summed E-state index contributed by atoms with van der Waals surface area (Å²) in [6, 6.07) is 0. The molecule has 1 heterocycles. The molecule has 0 aromatic heterocycles. The van der Waals surface area contributed by atoms with Gasteiger partial charge in [0.2, 0.25) is 0 Å². The number of ether oxygens (including phenoxy) is 1. The smallest absolute Gasteiger partial charge is 0.335 e. The van der Waals surface area contributed by atoms with E-state index in [2.05, 4.69) is 38.2 Å². The van der Waals surface area contributed by atoms with Crippen LogP contribution in [-0.4, -0.2) is 12.1 Å². The van der Waals surface area contributed by atoms with Gasteiger partial charge in [-0.1, -0.05) is 44.2 Å². The first-order valence-electron chi connectivity index (χ1n) is 5.79. The molecule has 1 unspecified atom stereocenters. The van der Waals surface area contributed by atoms with Crippen LogP contribution in [0.15, 0.2) is 36.0 Å². The van der Waals surface area contributed by atoms with Gasteiger partial charge in [0.25, 0.3) is 0 Å². The molecule has 0 aromatic carbocycles. The fourth-order valence-corrected chi connectivity index (χ4v) is 3.53. The van der Waals surface area contributed by atoms with Gasteiger partial charge in [0.1, 0.15) is 6.10 Å². The molecular weight excluding hydrogens is 200 g/mol. The standard InChI is InChI=1S/C14H16O2/c1-9-14-7-5-4-6-11(14)13(2,3)8-10(14)12(15)16-9/h4-9,11H,1-3H3/t9-,11?,14+/m0/s1. The van der Waals surface area contributed by atoms with Crippen LogP contribution in [0.3, 0.4) is 0 Å². The average Bonchev–Trinajstić information content (AvgIpc) is 2.60. The zero-order chi connectivity index (χ0) is 11.6. The summed E-state index contributed by atoms with van der Waals surface area (Å²) in [6.07, 6.45) is 10.5. The summed E-state index contributed by atoms with van der Waals surface area (Å²) in [6.45, 7) is 6.37. The first kappa shape index (κ1) is 9.88. The van der Waals surface area contributed by atoms with Crippen LogP contribution in [0.4, 0.5) is 0 Å². The zero-order valence-electron chi connectivity index (χ0n) is 9.86. The molecule has 0 N–H and O–H groups in total. The lowest BCUT2D eigenvalue weighted by Gasteiger charge is -2.39. The maximum atomic E-state index is 11.9. The predicted molar refractivity (Wildman–Crippen MR) is 61.6 cm³/mol. The Balaban J connectivity index is 2.24. The van der Waals surface area contributed by atoms with Crippen molar-refractivity contribution in [1.29, 1.82) is 0 Å². The first-order valence-corrected chi connectivity index (χ1v) is 5.79. The van der Waals surface area contributed by atoms with Crippen molar-refractivity contribution in [3.63, 3.8) is 0 Å². The average molecular weight is 216 g/mol. The van der Waals surface area contributed by atoms with Crippen molar-refractivity contribution >= 4 is 5.97 Å². The van der Waals surface area contributed by atoms with Gasteiger partial charge in [0.15, 0.2) is 0 Å². The summed E-state index contributed by atoms with van der Waals surface area (Å²) >= 11 is 0. The second kappa shape index (κ2) is 2.68. The summed E-state index contributed by atoms with van der Waals surface area (Å²) in [5.74, 6) is 0.199. The van der Waals surface area contributed by atoms with E-state index in [-0.39, 0.29) is 22.9 Å². The van der Waals surface area contributed by atoms with E-state index in [9.17, 15) is 4.79 Å². The third-order valence-electron chi connectivity index (χ3n) is 4.26. The van der Waals surface area contributed by atoms with Gasteiger partial charge in [0, 0.05) is 11.5 Å². The Hall–Kier alpha value is -1.31. The summed E-state index contributed by atoms with van der Waals surface area (Å²) in [4.78, 5) is 11.9. The van der Waals surface area contributed by atoms with Gasteiger partial charge < -0.3 is 4.74 Å². The van der Waals surface area contributed by atoms with E-state index in [1.165, 1.54) is 0 Å². The number of carbonyl (C=O) groups excluding carboxylic acids is 1. The maximum absolute atomic E-state index is 11.9. The highest BCUT2D eigenvalue weighted by atomic mass is 16.6. The Labute approximate surface area is 95.7 Å². The van der Waals surface area contributed by atoms with Crippen molar-refractivity contribution in [1.82, 2.24) is 0 Å². The molecule has 3 atom stereocenters. The maximum Gasteiger partial charge on any atom is 0.335 e. The van der Waals surface area contributed by atoms with Crippen molar-refractivity contribution in [2.45, 2.75) is 26.9 Å². The van der Waals surface area contributed by atoms with E-state index in [1.54, 1.807) is 0 Å². The van der Waals surface area contributed by atoms with Crippen LogP contribution < -0.4 is 0 Å². The van der Waals surface area contributed by atoms with Gasteiger partial charge in [-0.25, -0.2) is 4.79 Å². The second-order valence-electron chi connectivity index (χ2n) is 5.58. The number of hydrogen-bond donors (Lipinski definition) is 0. The van der Waals surface area contributed by atoms with Gasteiger partial charge in [-0.05, 0) is 12.3 Å². The molecule has 0 saturated carbocycles. The van der Waals surface area contributed by atoms with Crippen LogP contribution >= 0.6 is 0 Å². The lowest BCUT2D eigenvalue weighted by Crippen LogP contribution is -2.38. The molecule has 1 aliphatic heterocycles. The summed E-state index contributed by atoms with van der Waals surface area (Å²) in [5.41, 5.74) is 0.676. The highest BCUT2D eigenvalue weighted by Crippen LogP contribution is 2.61. The lowest BCUT2D eigenvalue weighted by molar-refractivity contribution is -0.139. The van der Waals surface area contributed by atoms with Gasteiger partial charge in [0.05, 0.1) is 5.41 Å². The summed E-state index contributed by atoms with van der Waals surface area (Å²) in [7, 11) is 0. The SMILES string of the molecule is C[C@@H]1OC(=O)C2=CC(C)(C)C3C=CC=C[C@@]231. The van der Waals surface area contributed by atoms with E-state index in [4.69, 9.17) is 4.74 Å². The van der Waals surface area contributed by atoms with Crippen molar-refractivity contribution in [2.24, 2.45) is 16.7 Å². The Morgan fingerprint density at radius 2 is 2.06 bits per heavy atom. The molecule has 2 nitrogen and oxygen atoms in total. The van der Waals surface area contributed by atoms with Crippen LogP contribution in [0.1, 0.15) is 20.8 Å².